The third kappa shape index (κ3) is 3.81. The maximum atomic E-state index is 12.4. The first-order valence-electron chi connectivity index (χ1n) is 7.03. The molecule has 5 nitrogen and oxygen atoms in total. The Hall–Kier alpha value is -1.88. The van der Waals surface area contributed by atoms with E-state index in [1.54, 1.807) is 4.90 Å². The van der Waals surface area contributed by atoms with Crippen molar-refractivity contribution in [2.45, 2.75) is 25.3 Å². The van der Waals surface area contributed by atoms with Crippen molar-refractivity contribution in [3.8, 4) is 0 Å². The van der Waals surface area contributed by atoms with Crippen LogP contribution in [0.4, 0.5) is 0 Å². The van der Waals surface area contributed by atoms with Crippen LogP contribution in [0.5, 0.6) is 0 Å². The highest BCUT2D eigenvalue weighted by molar-refractivity contribution is 5.90. The molecule has 2 amide bonds. The second kappa shape index (κ2) is 7.05. The Balaban J connectivity index is 1.92. The molecular weight excluding hydrogens is 254 g/mol. The van der Waals surface area contributed by atoms with E-state index in [1.807, 2.05) is 30.3 Å². The fourth-order valence-electron chi connectivity index (χ4n) is 2.42. The lowest BCUT2D eigenvalue weighted by atomic mass is 10.1. The predicted molar refractivity (Wildman–Crippen MR) is 76.9 cm³/mol. The summed E-state index contributed by atoms with van der Waals surface area (Å²) in [5.41, 5.74) is 6.77. The third-order valence-corrected chi connectivity index (χ3v) is 3.52. The molecule has 1 atom stereocenters. The van der Waals surface area contributed by atoms with Crippen molar-refractivity contribution >= 4 is 11.8 Å². The highest BCUT2D eigenvalue weighted by atomic mass is 16.2. The van der Waals surface area contributed by atoms with Gasteiger partial charge in [-0.05, 0) is 18.4 Å². The van der Waals surface area contributed by atoms with E-state index in [-0.39, 0.29) is 17.9 Å². The number of nitrogens with one attached hydrogen (secondary N) is 1. The van der Waals surface area contributed by atoms with Crippen LogP contribution in [0.15, 0.2) is 30.3 Å². The largest absolute Gasteiger partial charge is 0.344 e. The second-order valence-electron chi connectivity index (χ2n) is 5.01. The van der Waals surface area contributed by atoms with Crippen molar-refractivity contribution in [2.24, 2.45) is 5.73 Å². The van der Waals surface area contributed by atoms with Crippen LogP contribution in [0, 0.1) is 0 Å². The van der Waals surface area contributed by atoms with Gasteiger partial charge in [-0.15, -0.1) is 0 Å². The molecule has 5 heteroatoms. The van der Waals surface area contributed by atoms with Gasteiger partial charge in [0, 0.05) is 26.1 Å². The van der Waals surface area contributed by atoms with Crippen molar-refractivity contribution in [2.75, 3.05) is 19.6 Å². The molecule has 0 unspecified atom stereocenters. The fourth-order valence-corrected chi connectivity index (χ4v) is 2.42. The maximum absolute atomic E-state index is 12.4. The zero-order valence-corrected chi connectivity index (χ0v) is 11.5. The van der Waals surface area contributed by atoms with Crippen LogP contribution in [0.2, 0.25) is 0 Å². The lowest BCUT2D eigenvalue weighted by Crippen LogP contribution is -2.46. The molecule has 1 aromatic carbocycles. The highest BCUT2D eigenvalue weighted by Crippen LogP contribution is 2.10. The van der Waals surface area contributed by atoms with Gasteiger partial charge < -0.3 is 16.0 Å². The second-order valence-corrected chi connectivity index (χ2v) is 5.01. The van der Waals surface area contributed by atoms with E-state index in [9.17, 15) is 9.59 Å². The van der Waals surface area contributed by atoms with Crippen molar-refractivity contribution in [3.63, 3.8) is 0 Å². The van der Waals surface area contributed by atoms with Crippen LogP contribution >= 0.6 is 0 Å². The average Bonchev–Trinajstić information content (AvgIpc) is 2.90. The molecule has 0 aromatic heterocycles. The zero-order chi connectivity index (χ0) is 14.4. The Labute approximate surface area is 119 Å². The standard InChI is InChI=1S/C15H21N3O2/c16-9-11-18(10-8-12-4-2-1-3-5-12)15(20)13-6-7-14(19)17-13/h1-5,13H,6-11,16H2,(H,17,19)/t13-/m0/s1. The first kappa shape index (κ1) is 14.5. The topological polar surface area (TPSA) is 75.4 Å². The van der Waals surface area contributed by atoms with E-state index in [1.165, 1.54) is 5.56 Å². The van der Waals surface area contributed by atoms with Gasteiger partial charge >= 0.3 is 0 Å². The van der Waals surface area contributed by atoms with Crippen LogP contribution in [0.3, 0.4) is 0 Å². The lowest BCUT2D eigenvalue weighted by molar-refractivity contribution is -0.134. The summed E-state index contributed by atoms with van der Waals surface area (Å²) in [5.74, 6) is -0.0589. The molecule has 1 aliphatic heterocycles. The van der Waals surface area contributed by atoms with E-state index in [0.29, 0.717) is 32.5 Å². The summed E-state index contributed by atoms with van der Waals surface area (Å²) >= 11 is 0. The lowest BCUT2D eigenvalue weighted by Gasteiger charge is -2.25. The minimum atomic E-state index is -0.371. The van der Waals surface area contributed by atoms with E-state index in [4.69, 9.17) is 5.73 Å². The Morgan fingerprint density at radius 2 is 2.05 bits per heavy atom. The van der Waals surface area contributed by atoms with Gasteiger partial charge in [-0.3, -0.25) is 9.59 Å². The van der Waals surface area contributed by atoms with E-state index >= 15 is 0 Å². The molecular formula is C15H21N3O2. The Kier molecular flexibility index (Phi) is 5.12. The van der Waals surface area contributed by atoms with Crippen LogP contribution in [0.25, 0.3) is 0 Å². The van der Waals surface area contributed by atoms with Gasteiger partial charge in [-0.2, -0.15) is 0 Å². The summed E-state index contributed by atoms with van der Waals surface area (Å²) < 4.78 is 0. The van der Waals surface area contributed by atoms with Crippen molar-refractivity contribution in [1.29, 1.82) is 0 Å². The summed E-state index contributed by atoms with van der Waals surface area (Å²) in [6, 6.07) is 9.67. The monoisotopic (exact) mass is 275 g/mol. The molecule has 3 N–H and O–H groups in total. The number of carbonyl (C=O) groups excluding carboxylic acids is 2. The Morgan fingerprint density at radius 1 is 1.30 bits per heavy atom. The normalized spacial score (nSPS) is 17.9. The summed E-state index contributed by atoms with van der Waals surface area (Å²) in [7, 11) is 0. The van der Waals surface area contributed by atoms with Gasteiger partial charge in [0.25, 0.3) is 0 Å². The minimum absolute atomic E-state index is 0.0165. The third-order valence-electron chi connectivity index (χ3n) is 3.52. The molecule has 0 bridgehead atoms. The van der Waals surface area contributed by atoms with Crippen LogP contribution < -0.4 is 11.1 Å². The molecule has 0 saturated carbocycles. The molecule has 1 fully saturated rings. The molecule has 0 radical (unpaired) electrons. The number of benzene rings is 1. The molecule has 1 heterocycles. The molecule has 1 saturated heterocycles. The predicted octanol–water partition coefficient (Wildman–Crippen LogP) is 0.295. The molecule has 1 aliphatic rings. The number of rotatable bonds is 6. The summed E-state index contributed by atoms with van der Waals surface area (Å²) in [6.07, 6.45) is 1.82. The van der Waals surface area contributed by atoms with Gasteiger partial charge in [-0.1, -0.05) is 30.3 Å². The van der Waals surface area contributed by atoms with E-state index in [2.05, 4.69) is 5.32 Å². The SMILES string of the molecule is NCCN(CCc1ccccc1)C(=O)[C@@H]1CCC(=O)N1. The first-order valence-corrected chi connectivity index (χ1v) is 7.03. The van der Waals surface area contributed by atoms with E-state index < -0.39 is 0 Å². The molecule has 1 aromatic rings. The van der Waals surface area contributed by atoms with Crippen molar-refractivity contribution in [3.05, 3.63) is 35.9 Å². The highest BCUT2D eigenvalue weighted by Gasteiger charge is 2.30. The van der Waals surface area contributed by atoms with Gasteiger partial charge in [-0.25, -0.2) is 0 Å². The van der Waals surface area contributed by atoms with Crippen LogP contribution in [-0.4, -0.2) is 42.4 Å². The number of hydrogen-bond donors (Lipinski definition) is 2. The van der Waals surface area contributed by atoms with Crippen molar-refractivity contribution < 1.29 is 9.59 Å². The summed E-state index contributed by atoms with van der Waals surface area (Å²) in [4.78, 5) is 25.3. The van der Waals surface area contributed by atoms with Crippen LogP contribution in [-0.2, 0) is 16.0 Å². The Bertz CT molecular complexity index is 461. The summed E-state index contributed by atoms with van der Waals surface area (Å²) in [6.45, 7) is 1.59. The number of nitrogens with zero attached hydrogens (tertiary/aromatic N) is 1. The maximum Gasteiger partial charge on any atom is 0.245 e. The van der Waals surface area contributed by atoms with Gasteiger partial charge in [0.05, 0.1) is 0 Å². The number of hydrogen-bond acceptors (Lipinski definition) is 3. The molecule has 0 aliphatic carbocycles. The number of nitrogens with two attached hydrogens (primary N) is 1. The quantitative estimate of drug-likeness (QED) is 0.784. The average molecular weight is 275 g/mol. The first-order chi connectivity index (χ1) is 9.70. The zero-order valence-electron chi connectivity index (χ0n) is 11.5. The minimum Gasteiger partial charge on any atom is -0.344 e. The van der Waals surface area contributed by atoms with Crippen molar-refractivity contribution in [1.82, 2.24) is 10.2 Å². The number of amides is 2. The molecule has 2 rings (SSSR count). The van der Waals surface area contributed by atoms with Gasteiger partial charge in [0.15, 0.2) is 0 Å². The number of carbonyl (C=O) groups is 2. The molecule has 108 valence electrons. The van der Waals surface area contributed by atoms with E-state index in [0.717, 1.165) is 6.42 Å². The Morgan fingerprint density at radius 3 is 2.65 bits per heavy atom. The summed E-state index contributed by atoms with van der Waals surface area (Å²) in [5, 5.41) is 2.72. The molecule has 0 spiro atoms. The van der Waals surface area contributed by atoms with Gasteiger partial charge in [0.1, 0.15) is 6.04 Å². The van der Waals surface area contributed by atoms with Gasteiger partial charge in [0.2, 0.25) is 11.8 Å². The molecule has 20 heavy (non-hydrogen) atoms. The van der Waals surface area contributed by atoms with Crippen LogP contribution in [0.1, 0.15) is 18.4 Å². The fraction of sp³-hybridized carbons (Fsp3) is 0.467. The smallest absolute Gasteiger partial charge is 0.245 e.